The number of furan rings is 1. The van der Waals surface area contributed by atoms with Crippen molar-refractivity contribution in [3.63, 3.8) is 0 Å². The first-order valence-electron chi connectivity index (χ1n) is 7.50. The molecule has 1 N–H and O–H groups in total. The molecule has 0 saturated carbocycles. The van der Waals surface area contributed by atoms with Gasteiger partial charge in [0.1, 0.15) is 17.3 Å². The summed E-state index contributed by atoms with van der Waals surface area (Å²) < 4.78 is 7.60. The monoisotopic (exact) mass is 342 g/mol. The summed E-state index contributed by atoms with van der Waals surface area (Å²) in [5.74, 6) is 2.21. The molecule has 0 radical (unpaired) electrons. The second-order valence-electron chi connectivity index (χ2n) is 5.18. The first-order valence-corrected chi connectivity index (χ1v) is 7.91. The van der Waals surface area contributed by atoms with Gasteiger partial charge in [-0.05, 0) is 43.4 Å². The lowest BCUT2D eigenvalue weighted by atomic mass is 10.3. The van der Waals surface area contributed by atoms with Crippen LogP contribution in [0.1, 0.15) is 30.2 Å². The van der Waals surface area contributed by atoms with Gasteiger partial charge in [-0.3, -0.25) is 10.00 Å². The minimum atomic E-state index is 0.400. The molecule has 2 aromatic heterocycles. The van der Waals surface area contributed by atoms with Gasteiger partial charge < -0.3 is 4.42 Å². The highest BCUT2D eigenvalue weighted by atomic mass is 32.1. The van der Waals surface area contributed by atoms with Crippen molar-refractivity contribution < 1.29 is 4.42 Å². The lowest BCUT2D eigenvalue weighted by Gasteiger charge is -2.19. The molecule has 2 rings (SSSR count). The number of H-pyrrole nitrogens is 1. The zero-order chi connectivity index (χ0) is 17.4. The third-order valence-electron chi connectivity index (χ3n) is 3.28. The Labute approximate surface area is 145 Å². The van der Waals surface area contributed by atoms with Crippen LogP contribution in [0.2, 0.25) is 0 Å². The van der Waals surface area contributed by atoms with Crippen LogP contribution in [0.15, 0.2) is 16.5 Å². The third-order valence-corrected chi connectivity index (χ3v) is 3.60. The summed E-state index contributed by atoms with van der Waals surface area (Å²) in [6.07, 6.45) is 4.41. The van der Waals surface area contributed by atoms with Crippen LogP contribution in [-0.2, 0) is 6.67 Å². The van der Waals surface area contributed by atoms with Crippen LogP contribution >= 0.6 is 12.2 Å². The number of nitrogens with zero attached hydrogens (tertiary/aromatic N) is 5. The lowest BCUT2D eigenvalue weighted by Crippen LogP contribution is -2.29. The van der Waals surface area contributed by atoms with Gasteiger partial charge in [0.2, 0.25) is 4.77 Å². The van der Waals surface area contributed by atoms with Gasteiger partial charge in [-0.25, -0.2) is 4.68 Å². The second-order valence-corrected chi connectivity index (χ2v) is 5.54. The maximum absolute atomic E-state index is 8.74. The molecule has 0 amide bonds. The SMILES string of the molecule is Cc1ccc(/C=C/c2nc(=S)n(CN(CCC#N)CCC#N)[nH]2)o1. The molecular formula is C16H18N6OS. The Kier molecular flexibility index (Phi) is 6.50. The molecule has 0 aliphatic heterocycles. The molecule has 0 aliphatic rings. The first kappa shape index (κ1) is 17.7. The van der Waals surface area contributed by atoms with Crippen molar-refractivity contribution in [2.24, 2.45) is 0 Å². The molecule has 7 nitrogen and oxygen atoms in total. The maximum atomic E-state index is 8.74. The summed E-state index contributed by atoms with van der Waals surface area (Å²) >= 11 is 5.26. The zero-order valence-electron chi connectivity index (χ0n) is 13.4. The Hall–Kier alpha value is -2.68. The molecule has 2 heterocycles. The van der Waals surface area contributed by atoms with Gasteiger partial charge in [-0.1, -0.05) is 0 Å². The average molecular weight is 342 g/mol. The molecule has 124 valence electrons. The number of nitrogens with one attached hydrogen (secondary N) is 1. The number of aromatic nitrogens is 3. The summed E-state index contributed by atoms with van der Waals surface area (Å²) in [4.78, 5) is 6.27. The van der Waals surface area contributed by atoms with E-state index >= 15 is 0 Å². The number of hydrogen-bond donors (Lipinski definition) is 1. The highest BCUT2D eigenvalue weighted by Crippen LogP contribution is 2.10. The van der Waals surface area contributed by atoms with E-state index in [9.17, 15) is 0 Å². The topological polar surface area (TPSA) is 97.6 Å². The smallest absolute Gasteiger partial charge is 0.217 e. The van der Waals surface area contributed by atoms with E-state index in [1.54, 1.807) is 10.8 Å². The molecule has 0 fully saturated rings. The van der Waals surface area contributed by atoms with Crippen molar-refractivity contribution in [2.75, 3.05) is 13.1 Å². The van der Waals surface area contributed by atoms with Gasteiger partial charge in [0, 0.05) is 25.9 Å². The molecule has 0 bridgehead atoms. The summed E-state index contributed by atoms with van der Waals surface area (Å²) in [5, 5.41) is 20.6. The minimum absolute atomic E-state index is 0.400. The Morgan fingerprint density at radius 2 is 2.00 bits per heavy atom. The normalized spacial score (nSPS) is 11.0. The Morgan fingerprint density at radius 3 is 2.58 bits per heavy atom. The molecule has 0 spiro atoms. The lowest BCUT2D eigenvalue weighted by molar-refractivity contribution is 0.214. The Morgan fingerprint density at radius 1 is 1.29 bits per heavy atom. The van der Waals surface area contributed by atoms with Gasteiger partial charge in [-0.15, -0.1) is 0 Å². The van der Waals surface area contributed by atoms with Gasteiger partial charge in [-0.2, -0.15) is 15.5 Å². The summed E-state index contributed by atoms with van der Waals surface area (Å²) in [7, 11) is 0. The average Bonchev–Trinajstić information content (AvgIpc) is 3.13. The molecule has 2 aromatic rings. The van der Waals surface area contributed by atoms with Crippen molar-refractivity contribution in [1.29, 1.82) is 10.5 Å². The number of hydrogen-bond acceptors (Lipinski definition) is 6. The Bertz CT molecular complexity index is 814. The van der Waals surface area contributed by atoms with Gasteiger partial charge in [0.25, 0.3) is 0 Å². The standard InChI is InChI=1S/C16H18N6OS/c1-13-4-5-14(23-13)6-7-15-19-16(24)22(20-15)12-21(10-2-8-17)11-3-9-18/h4-7H,2-3,10-12H2,1H3,(H,19,20,24)/b7-6+. The molecule has 24 heavy (non-hydrogen) atoms. The molecular weight excluding hydrogens is 324 g/mol. The van der Waals surface area contributed by atoms with E-state index in [1.807, 2.05) is 30.0 Å². The molecule has 0 unspecified atom stereocenters. The highest BCUT2D eigenvalue weighted by Gasteiger charge is 2.08. The number of rotatable bonds is 8. The molecule has 8 heteroatoms. The summed E-state index contributed by atoms with van der Waals surface area (Å²) in [6, 6.07) is 8.00. The summed E-state index contributed by atoms with van der Waals surface area (Å²) in [5.41, 5.74) is 0. The second kappa shape index (κ2) is 8.82. The maximum Gasteiger partial charge on any atom is 0.217 e. The van der Waals surface area contributed by atoms with Crippen LogP contribution in [0.4, 0.5) is 0 Å². The fourth-order valence-corrected chi connectivity index (χ4v) is 2.32. The van der Waals surface area contributed by atoms with Crippen molar-refractivity contribution in [3.8, 4) is 12.1 Å². The largest absolute Gasteiger partial charge is 0.462 e. The molecule has 0 saturated heterocycles. The van der Waals surface area contributed by atoms with Crippen LogP contribution in [0.25, 0.3) is 12.2 Å². The van der Waals surface area contributed by atoms with Crippen molar-refractivity contribution in [1.82, 2.24) is 19.7 Å². The number of nitriles is 2. The van der Waals surface area contributed by atoms with Crippen molar-refractivity contribution >= 4 is 24.4 Å². The van der Waals surface area contributed by atoms with Gasteiger partial charge in [0.05, 0.1) is 18.8 Å². The quantitative estimate of drug-likeness (QED) is 0.740. The van der Waals surface area contributed by atoms with Crippen LogP contribution < -0.4 is 0 Å². The molecule has 0 aliphatic carbocycles. The fraction of sp³-hybridized carbons (Fsp3) is 0.375. The van der Waals surface area contributed by atoms with E-state index in [2.05, 4.69) is 22.2 Å². The van der Waals surface area contributed by atoms with Gasteiger partial charge >= 0.3 is 0 Å². The third kappa shape index (κ3) is 5.20. The molecule has 0 atom stereocenters. The zero-order valence-corrected chi connectivity index (χ0v) is 14.2. The van der Waals surface area contributed by atoms with Crippen LogP contribution in [0.5, 0.6) is 0 Å². The van der Waals surface area contributed by atoms with Gasteiger partial charge in [0.15, 0.2) is 0 Å². The van der Waals surface area contributed by atoms with E-state index in [1.165, 1.54) is 0 Å². The van der Waals surface area contributed by atoms with E-state index in [-0.39, 0.29) is 0 Å². The minimum Gasteiger partial charge on any atom is -0.462 e. The fourth-order valence-electron chi connectivity index (χ4n) is 2.12. The summed E-state index contributed by atoms with van der Waals surface area (Å²) in [6.45, 7) is 3.51. The van der Waals surface area contributed by atoms with Crippen molar-refractivity contribution in [2.45, 2.75) is 26.4 Å². The van der Waals surface area contributed by atoms with Crippen molar-refractivity contribution in [3.05, 3.63) is 34.2 Å². The predicted molar refractivity (Wildman–Crippen MR) is 91.8 cm³/mol. The predicted octanol–water partition coefficient (Wildman–Crippen LogP) is 3.10. The van der Waals surface area contributed by atoms with E-state index in [4.69, 9.17) is 27.2 Å². The first-order chi connectivity index (χ1) is 11.6. The number of aromatic amines is 1. The van der Waals surface area contributed by atoms with Crippen LogP contribution in [0.3, 0.4) is 0 Å². The molecule has 0 aromatic carbocycles. The highest BCUT2D eigenvalue weighted by molar-refractivity contribution is 7.71. The number of aryl methyl sites for hydroxylation is 1. The van der Waals surface area contributed by atoms with E-state index in [0.29, 0.717) is 43.2 Å². The van der Waals surface area contributed by atoms with Crippen LogP contribution in [0, 0.1) is 34.4 Å². The van der Waals surface area contributed by atoms with Crippen LogP contribution in [-0.4, -0.2) is 32.8 Å². The van der Waals surface area contributed by atoms with E-state index in [0.717, 1.165) is 11.5 Å². The van der Waals surface area contributed by atoms with E-state index < -0.39 is 0 Å². The Balaban J connectivity index is 2.06.